The lowest BCUT2D eigenvalue weighted by Gasteiger charge is -2.16. The van der Waals surface area contributed by atoms with E-state index in [-0.39, 0.29) is 22.6 Å². The van der Waals surface area contributed by atoms with Gasteiger partial charge in [0.25, 0.3) is 6.43 Å². The predicted molar refractivity (Wildman–Crippen MR) is 55.1 cm³/mol. The predicted octanol–water partition coefficient (Wildman–Crippen LogP) is 2.69. The number of rotatable bonds is 4. The third kappa shape index (κ3) is 2.41. The first kappa shape index (κ1) is 12.7. The summed E-state index contributed by atoms with van der Waals surface area (Å²) in [5.41, 5.74) is 0.0886. The maximum atomic E-state index is 12.6. The first-order chi connectivity index (χ1) is 7.51. The first-order valence-electron chi connectivity index (χ1n) is 4.73. The molecule has 0 bridgehead atoms. The lowest BCUT2D eigenvalue weighted by Crippen LogP contribution is -2.01. The van der Waals surface area contributed by atoms with Crippen molar-refractivity contribution >= 4 is 0 Å². The molecule has 1 aromatic carbocycles. The third-order valence-corrected chi connectivity index (χ3v) is 2.23. The molecule has 0 aliphatic rings. The van der Waals surface area contributed by atoms with Crippen molar-refractivity contribution in [1.82, 2.24) is 0 Å². The fourth-order valence-corrected chi connectivity index (χ4v) is 1.45. The van der Waals surface area contributed by atoms with Gasteiger partial charge in [-0.2, -0.15) is 0 Å². The molecular weight excluding hydrogens is 218 g/mol. The van der Waals surface area contributed by atoms with Crippen molar-refractivity contribution in [2.45, 2.75) is 19.5 Å². The average Bonchev–Trinajstić information content (AvgIpc) is 2.26. The normalized spacial score (nSPS) is 12.7. The molecule has 0 aliphatic carbocycles. The van der Waals surface area contributed by atoms with Crippen LogP contribution >= 0.6 is 0 Å². The van der Waals surface area contributed by atoms with Gasteiger partial charge in [-0.15, -0.1) is 0 Å². The van der Waals surface area contributed by atoms with Gasteiger partial charge in [-0.05, 0) is 19.1 Å². The third-order valence-electron chi connectivity index (χ3n) is 2.23. The van der Waals surface area contributed by atoms with Crippen molar-refractivity contribution in [2.75, 3.05) is 14.2 Å². The Morgan fingerprint density at radius 2 is 1.81 bits per heavy atom. The number of halogens is 2. The number of aliphatic hydroxyl groups excluding tert-OH is 1. The lowest BCUT2D eigenvalue weighted by atomic mass is 10.0. The molecule has 5 heteroatoms. The summed E-state index contributed by atoms with van der Waals surface area (Å²) in [6.07, 6.45) is -3.51. The van der Waals surface area contributed by atoms with Crippen LogP contribution in [0.1, 0.15) is 30.6 Å². The molecular formula is C11H14F2O3. The zero-order chi connectivity index (χ0) is 12.3. The van der Waals surface area contributed by atoms with Gasteiger partial charge in [0.05, 0.1) is 20.3 Å². The highest BCUT2D eigenvalue weighted by molar-refractivity contribution is 5.50. The second-order valence-corrected chi connectivity index (χ2v) is 3.32. The molecule has 16 heavy (non-hydrogen) atoms. The van der Waals surface area contributed by atoms with E-state index in [0.29, 0.717) is 0 Å². The van der Waals surface area contributed by atoms with Gasteiger partial charge >= 0.3 is 0 Å². The average molecular weight is 232 g/mol. The maximum absolute atomic E-state index is 12.6. The fraction of sp³-hybridized carbons (Fsp3) is 0.455. The molecule has 0 amide bonds. The molecule has 0 aromatic heterocycles. The van der Waals surface area contributed by atoms with Gasteiger partial charge in [-0.3, -0.25) is 0 Å². The minimum absolute atomic E-state index is 0.191. The van der Waals surface area contributed by atoms with Gasteiger partial charge < -0.3 is 14.6 Å². The highest BCUT2D eigenvalue weighted by atomic mass is 19.3. The summed E-state index contributed by atoms with van der Waals surface area (Å²) in [6.45, 7) is 1.48. The zero-order valence-corrected chi connectivity index (χ0v) is 9.33. The molecule has 1 atom stereocenters. The molecule has 1 unspecified atom stereocenters. The van der Waals surface area contributed by atoms with Crippen molar-refractivity contribution in [3.63, 3.8) is 0 Å². The van der Waals surface area contributed by atoms with E-state index in [9.17, 15) is 13.9 Å². The van der Waals surface area contributed by atoms with Crippen LogP contribution in [0, 0.1) is 0 Å². The highest BCUT2D eigenvalue weighted by Crippen LogP contribution is 2.38. The Labute approximate surface area is 92.6 Å². The topological polar surface area (TPSA) is 38.7 Å². The van der Waals surface area contributed by atoms with Crippen LogP contribution in [0.15, 0.2) is 12.1 Å². The lowest BCUT2D eigenvalue weighted by molar-refractivity contribution is 0.149. The quantitative estimate of drug-likeness (QED) is 0.867. The molecule has 0 saturated carbocycles. The molecule has 0 saturated heterocycles. The number of hydrogen-bond donors (Lipinski definition) is 1. The van der Waals surface area contributed by atoms with E-state index in [4.69, 9.17) is 9.47 Å². The number of aliphatic hydroxyl groups is 1. The van der Waals surface area contributed by atoms with Crippen molar-refractivity contribution in [1.29, 1.82) is 0 Å². The van der Waals surface area contributed by atoms with Gasteiger partial charge in [-0.25, -0.2) is 8.78 Å². The molecule has 3 nitrogen and oxygen atoms in total. The van der Waals surface area contributed by atoms with E-state index in [1.54, 1.807) is 0 Å². The number of ether oxygens (including phenoxy) is 2. The van der Waals surface area contributed by atoms with E-state index in [0.717, 1.165) is 0 Å². The van der Waals surface area contributed by atoms with Crippen LogP contribution < -0.4 is 9.47 Å². The second-order valence-electron chi connectivity index (χ2n) is 3.32. The monoisotopic (exact) mass is 232 g/mol. The van der Waals surface area contributed by atoms with Crippen LogP contribution in [-0.4, -0.2) is 19.3 Å². The van der Waals surface area contributed by atoms with Gasteiger partial charge in [0.15, 0.2) is 11.5 Å². The van der Waals surface area contributed by atoms with Crippen molar-refractivity contribution in [3.8, 4) is 11.5 Å². The molecule has 90 valence electrons. The van der Waals surface area contributed by atoms with Gasteiger partial charge in [0.1, 0.15) is 0 Å². The van der Waals surface area contributed by atoms with Crippen LogP contribution in [-0.2, 0) is 0 Å². The second kappa shape index (κ2) is 5.12. The van der Waals surface area contributed by atoms with Crippen LogP contribution in [0.3, 0.4) is 0 Å². The molecule has 0 spiro atoms. The Kier molecular flexibility index (Phi) is 4.06. The Balaban J connectivity index is 3.37. The van der Waals surface area contributed by atoms with Crippen LogP contribution in [0.25, 0.3) is 0 Å². The summed E-state index contributed by atoms with van der Waals surface area (Å²) in [7, 11) is 2.75. The van der Waals surface area contributed by atoms with E-state index in [1.807, 2.05) is 0 Å². The molecule has 1 aromatic rings. The zero-order valence-electron chi connectivity index (χ0n) is 9.33. The molecule has 1 rings (SSSR count). The number of benzene rings is 1. The molecule has 0 fully saturated rings. The van der Waals surface area contributed by atoms with Gasteiger partial charge in [0, 0.05) is 11.1 Å². The molecule has 0 radical (unpaired) electrons. The maximum Gasteiger partial charge on any atom is 0.263 e. The van der Waals surface area contributed by atoms with E-state index in [1.165, 1.54) is 33.3 Å². The summed E-state index contributed by atoms with van der Waals surface area (Å²) < 4.78 is 35.2. The smallest absolute Gasteiger partial charge is 0.263 e. The number of alkyl halides is 2. The fourth-order valence-electron chi connectivity index (χ4n) is 1.45. The number of hydrogen-bond acceptors (Lipinski definition) is 3. The number of methoxy groups -OCH3 is 2. The van der Waals surface area contributed by atoms with Crippen LogP contribution in [0.2, 0.25) is 0 Å². The Morgan fingerprint density at radius 3 is 2.19 bits per heavy atom. The SMILES string of the molecule is COc1cc(C(F)F)cc(C(C)O)c1OC. The first-order valence-corrected chi connectivity index (χ1v) is 4.73. The van der Waals surface area contributed by atoms with Gasteiger partial charge in [-0.1, -0.05) is 0 Å². The molecule has 0 aliphatic heterocycles. The summed E-state index contributed by atoms with van der Waals surface area (Å²) >= 11 is 0. The summed E-state index contributed by atoms with van der Waals surface area (Å²) in [4.78, 5) is 0. The minimum Gasteiger partial charge on any atom is -0.493 e. The van der Waals surface area contributed by atoms with Crippen LogP contribution in [0.4, 0.5) is 8.78 Å². The van der Waals surface area contributed by atoms with E-state index in [2.05, 4.69) is 0 Å². The van der Waals surface area contributed by atoms with E-state index >= 15 is 0 Å². The summed E-state index contributed by atoms with van der Waals surface area (Å²) in [6, 6.07) is 2.42. The summed E-state index contributed by atoms with van der Waals surface area (Å²) in [5, 5.41) is 9.48. The largest absolute Gasteiger partial charge is 0.493 e. The Hall–Kier alpha value is -1.36. The van der Waals surface area contributed by atoms with Gasteiger partial charge in [0.2, 0.25) is 0 Å². The van der Waals surface area contributed by atoms with Crippen molar-refractivity contribution < 1.29 is 23.4 Å². The Bertz CT molecular complexity index is 364. The van der Waals surface area contributed by atoms with Crippen LogP contribution in [0.5, 0.6) is 11.5 Å². The molecule has 0 heterocycles. The van der Waals surface area contributed by atoms with Crippen molar-refractivity contribution in [2.24, 2.45) is 0 Å². The minimum atomic E-state index is -2.61. The standard InChI is InChI=1S/C11H14F2O3/c1-6(14)8-4-7(11(12)13)5-9(15-2)10(8)16-3/h4-6,11,14H,1-3H3. The van der Waals surface area contributed by atoms with E-state index < -0.39 is 12.5 Å². The van der Waals surface area contributed by atoms with Crippen molar-refractivity contribution in [3.05, 3.63) is 23.3 Å². The highest BCUT2D eigenvalue weighted by Gasteiger charge is 2.19. The Morgan fingerprint density at radius 1 is 1.19 bits per heavy atom. The molecule has 1 N–H and O–H groups in total. The summed E-state index contributed by atoms with van der Waals surface area (Å²) in [5.74, 6) is 0.470.